The molecule has 1 aromatic carbocycles. The Balaban J connectivity index is 0.00000180. The Bertz CT molecular complexity index is 460. The Kier molecular flexibility index (Phi) is 5.47. The summed E-state index contributed by atoms with van der Waals surface area (Å²) < 4.78 is 5.10. The van der Waals surface area contributed by atoms with Gasteiger partial charge in [-0.25, -0.2) is 0 Å². The molecule has 2 rings (SSSR count). The topological polar surface area (TPSA) is 64.3 Å². The number of halogens is 2. The van der Waals surface area contributed by atoms with Crippen molar-refractivity contribution in [3.05, 3.63) is 23.2 Å². The van der Waals surface area contributed by atoms with Crippen LogP contribution in [0.3, 0.4) is 0 Å². The van der Waals surface area contributed by atoms with Crippen LogP contribution in [0, 0.1) is 0 Å². The third-order valence-corrected chi connectivity index (χ3v) is 3.67. The zero-order chi connectivity index (χ0) is 13.2. The van der Waals surface area contributed by atoms with Gasteiger partial charge >= 0.3 is 0 Å². The molecule has 0 unspecified atom stereocenters. The first-order valence-corrected chi connectivity index (χ1v) is 6.37. The van der Waals surface area contributed by atoms with Crippen molar-refractivity contribution in [3.63, 3.8) is 0 Å². The summed E-state index contributed by atoms with van der Waals surface area (Å²) in [4.78, 5) is 12.1. The number of hydrogen-bond acceptors (Lipinski definition) is 3. The molecule has 6 heteroatoms. The molecule has 1 amide bonds. The summed E-state index contributed by atoms with van der Waals surface area (Å²) in [5.41, 5.74) is 6.00. The van der Waals surface area contributed by atoms with E-state index in [9.17, 15) is 4.79 Å². The van der Waals surface area contributed by atoms with Gasteiger partial charge < -0.3 is 15.8 Å². The highest BCUT2D eigenvalue weighted by Crippen LogP contribution is 2.30. The maximum Gasteiger partial charge on any atom is 0.244 e. The average Bonchev–Trinajstić information content (AvgIpc) is 2.80. The SMILES string of the molecule is COc1cc(NC(=O)C2(N)CCCC2)ccc1Cl.Cl. The maximum absolute atomic E-state index is 12.1. The fourth-order valence-electron chi connectivity index (χ4n) is 2.23. The quantitative estimate of drug-likeness (QED) is 0.902. The molecule has 0 heterocycles. The highest BCUT2D eigenvalue weighted by atomic mass is 35.5. The average molecular weight is 305 g/mol. The molecule has 1 fully saturated rings. The van der Waals surface area contributed by atoms with Crippen molar-refractivity contribution >= 4 is 35.6 Å². The van der Waals surface area contributed by atoms with Crippen molar-refractivity contribution in [1.29, 1.82) is 0 Å². The van der Waals surface area contributed by atoms with Crippen LogP contribution in [0.15, 0.2) is 18.2 Å². The van der Waals surface area contributed by atoms with Crippen molar-refractivity contribution in [2.75, 3.05) is 12.4 Å². The Labute approximate surface area is 124 Å². The molecule has 1 saturated carbocycles. The number of nitrogens with one attached hydrogen (secondary N) is 1. The summed E-state index contributed by atoms with van der Waals surface area (Å²) in [6, 6.07) is 5.12. The molecule has 0 spiro atoms. The first kappa shape index (κ1) is 16.1. The zero-order valence-corrected chi connectivity index (χ0v) is 12.3. The third kappa shape index (κ3) is 3.53. The molecule has 4 nitrogen and oxygen atoms in total. The molecule has 0 radical (unpaired) electrons. The van der Waals surface area contributed by atoms with Crippen molar-refractivity contribution in [3.8, 4) is 5.75 Å². The lowest BCUT2D eigenvalue weighted by atomic mass is 9.98. The minimum absolute atomic E-state index is 0. The predicted molar refractivity (Wildman–Crippen MR) is 79.3 cm³/mol. The summed E-state index contributed by atoms with van der Waals surface area (Å²) in [6.07, 6.45) is 3.49. The van der Waals surface area contributed by atoms with E-state index in [0.29, 0.717) is 16.5 Å². The highest BCUT2D eigenvalue weighted by Gasteiger charge is 2.36. The van der Waals surface area contributed by atoms with Gasteiger partial charge in [0.1, 0.15) is 5.75 Å². The van der Waals surface area contributed by atoms with Crippen molar-refractivity contribution < 1.29 is 9.53 Å². The van der Waals surface area contributed by atoms with Crippen molar-refractivity contribution in [2.24, 2.45) is 5.73 Å². The molecule has 1 aliphatic rings. The van der Waals surface area contributed by atoms with E-state index in [-0.39, 0.29) is 18.3 Å². The molecule has 1 aliphatic carbocycles. The van der Waals surface area contributed by atoms with E-state index in [1.165, 1.54) is 7.11 Å². The number of hydrogen-bond donors (Lipinski definition) is 2. The van der Waals surface area contributed by atoms with E-state index in [2.05, 4.69) is 5.32 Å². The monoisotopic (exact) mass is 304 g/mol. The van der Waals surface area contributed by atoms with E-state index >= 15 is 0 Å². The maximum atomic E-state index is 12.1. The van der Waals surface area contributed by atoms with Gasteiger partial charge in [0.05, 0.1) is 17.7 Å². The number of anilines is 1. The van der Waals surface area contributed by atoms with Gasteiger partial charge in [0, 0.05) is 11.8 Å². The third-order valence-electron chi connectivity index (χ3n) is 3.36. The highest BCUT2D eigenvalue weighted by molar-refractivity contribution is 6.32. The van der Waals surface area contributed by atoms with Crippen molar-refractivity contribution in [1.82, 2.24) is 0 Å². The molecule has 0 aliphatic heterocycles. The summed E-state index contributed by atoms with van der Waals surface area (Å²) in [5, 5.41) is 3.34. The Hall–Kier alpha value is -0.970. The standard InChI is InChI=1S/C13H17ClN2O2.ClH/c1-18-11-8-9(4-5-10(11)14)16-12(17)13(15)6-2-3-7-13;/h4-5,8H,2-3,6-7,15H2,1H3,(H,16,17);1H. The summed E-state index contributed by atoms with van der Waals surface area (Å²) in [5.74, 6) is 0.399. The van der Waals surface area contributed by atoms with Gasteiger partial charge in [-0.2, -0.15) is 0 Å². The van der Waals surface area contributed by atoms with Gasteiger partial charge in [-0.1, -0.05) is 24.4 Å². The van der Waals surface area contributed by atoms with Gasteiger partial charge in [0.2, 0.25) is 5.91 Å². The summed E-state index contributed by atoms with van der Waals surface area (Å²) in [6.45, 7) is 0. The van der Waals surface area contributed by atoms with Gasteiger partial charge in [-0.15, -0.1) is 12.4 Å². The molecule has 0 saturated heterocycles. The lowest BCUT2D eigenvalue weighted by Gasteiger charge is -2.22. The van der Waals surface area contributed by atoms with Gasteiger partial charge in [-0.3, -0.25) is 4.79 Å². The molecular weight excluding hydrogens is 287 g/mol. The Morgan fingerprint density at radius 3 is 2.63 bits per heavy atom. The van der Waals surface area contributed by atoms with Crippen molar-refractivity contribution in [2.45, 2.75) is 31.2 Å². The first-order valence-electron chi connectivity index (χ1n) is 5.99. The lowest BCUT2D eigenvalue weighted by molar-refractivity contribution is -0.121. The molecule has 3 N–H and O–H groups in total. The van der Waals surface area contributed by atoms with Crippen LogP contribution in [0.1, 0.15) is 25.7 Å². The van der Waals surface area contributed by atoms with Crippen LogP contribution in [0.2, 0.25) is 5.02 Å². The van der Waals surface area contributed by atoms with Gasteiger partial charge in [0.25, 0.3) is 0 Å². The molecule has 0 bridgehead atoms. The number of benzene rings is 1. The minimum Gasteiger partial charge on any atom is -0.495 e. The lowest BCUT2D eigenvalue weighted by Crippen LogP contribution is -2.48. The molecule has 106 valence electrons. The van der Waals surface area contributed by atoms with Crippen LogP contribution in [-0.2, 0) is 4.79 Å². The molecular formula is C13H18Cl2N2O2. The minimum atomic E-state index is -0.729. The smallest absolute Gasteiger partial charge is 0.244 e. The fourth-order valence-corrected chi connectivity index (χ4v) is 2.42. The number of carbonyl (C=O) groups excluding carboxylic acids is 1. The van der Waals surface area contributed by atoms with E-state index < -0.39 is 5.54 Å². The summed E-state index contributed by atoms with van der Waals surface area (Å²) >= 11 is 5.92. The van der Waals surface area contributed by atoms with Crippen LogP contribution in [0.5, 0.6) is 5.75 Å². The number of rotatable bonds is 3. The van der Waals surface area contributed by atoms with Crippen LogP contribution in [0.4, 0.5) is 5.69 Å². The molecule has 0 atom stereocenters. The number of methoxy groups -OCH3 is 1. The van der Waals surface area contributed by atoms with Crippen LogP contribution in [0.25, 0.3) is 0 Å². The molecule has 19 heavy (non-hydrogen) atoms. The second-order valence-corrected chi connectivity index (χ2v) is 5.07. The van der Waals surface area contributed by atoms with E-state index in [1.807, 2.05) is 0 Å². The normalized spacial score (nSPS) is 16.6. The Morgan fingerprint density at radius 2 is 2.05 bits per heavy atom. The van der Waals surface area contributed by atoms with Crippen LogP contribution >= 0.6 is 24.0 Å². The first-order chi connectivity index (χ1) is 8.55. The van der Waals surface area contributed by atoms with Crippen LogP contribution < -0.4 is 15.8 Å². The van der Waals surface area contributed by atoms with E-state index in [1.54, 1.807) is 18.2 Å². The zero-order valence-electron chi connectivity index (χ0n) is 10.7. The van der Waals surface area contributed by atoms with E-state index in [0.717, 1.165) is 25.7 Å². The Morgan fingerprint density at radius 1 is 1.42 bits per heavy atom. The van der Waals surface area contributed by atoms with Gasteiger partial charge in [0.15, 0.2) is 0 Å². The second kappa shape index (κ2) is 6.46. The number of ether oxygens (including phenoxy) is 1. The molecule has 0 aromatic heterocycles. The largest absolute Gasteiger partial charge is 0.495 e. The van der Waals surface area contributed by atoms with Gasteiger partial charge in [-0.05, 0) is 25.0 Å². The number of carbonyl (C=O) groups is 1. The molecule has 1 aromatic rings. The van der Waals surface area contributed by atoms with Crippen LogP contribution in [-0.4, -0.2) is 18.6 Å². The fraction of sp³-hybridized carbons (Fsp3) is 0.462. The number of amides is 1. The predicted octanol–water partition coefficient (Wildman–Crippen LogP) is 2.98. The summed E-state index contributed by atoms with van der Waals surface area (Å²) in [7, 11) is 1.54. The number of nitrogens with two attached hydrogens (primary N) is 1. The van der Waals surface area contributed by atoms with E-state index in [4.69, 9.17) is 22.1 Å². The second-order valence-electron chi connectivity index (χ2n) is 4.67.